The first kappa shape index (κ1) is 32.0. The van der Waals surface area contributed by atoms with E-state index >= 15 is 0 Å². The Labute approximate surface area is 316 Å². The molecule has 0 spiro atoms. The second kappa shape index (κ2) is 13.1. The zero-order valence-electron chi connectivity index (χ0n) is 29.9. The maximum absolute atomic E-state index is 5.25. The lowest BCUT2D eigenvalue weighted by Gasteiger charge is -2.13. The molecule has 11 rings (SSSR count). The van der Waals surface area contributed by atoms with Crippen LogP contribution in [-0.4, -0.2) is 19.5 Å². The van der Waals surface area contributed by atoms with Gasteiger partial charge in [-0.3, -0.25) is 4.57 Å². The maximum atomic E-state index is 5.25. The zero-order chi connectivity index (χ0) is 36.2. The van der Waals surface area contributed by atoms with E-state index in [0.717, 1.165) is 38.7 Å². The monoisotopic (exact) mass is 710 g/mol. The highest BCUT2D eigenvalue weighted by Gasteiger charge is 2.22. The third-order valence-electron chi connectivity index (χ3n) is 10.2. The molecule has 0 saturated heterocycles. The van der Waals surface area contributed by atoms with Gasteiger partial charge in [-0.05, 0) is 51.4 Å². The molecule has 0 unspecified atom stereocenters. The van der Waals surface area contributed by atoms with Crippen LogP contribution in [0.4, 0.5) is 0 Å². The summed E-state index contributed by atoms with van der Waals surface area (Å²) < 4.78 is 4.85. The molecule has 0 fully saturated rings. The second-order valence-corrected chi connectivity index (χ2v) is 14.3. The lowest BCUT2D eigenvalue weighted by Crippen LogP contribution is -2.07. The van der Waals surface area contributed by atoms with Gasteiger partial charge in [-0.25, -0.2) is 4.98 Å². The van der Waals surface area contributed by atoms with E-state index in [2.05, 4.69) is 138 Å². The van der Waals surface area contributed by atoms with Crippen molar-refractivity contribution >= 4 is 74.9 Å². The summed E-state index contributed by atoms with van der Waals surface area (Å²) in [4.78, 5) is 15.5. The smallest absolute Gasteiger partial charge is 0.238 e. The van der Waals surface area contributed by atoms with Crippen molar-refractivity contribution in [1.82, 2.24) is 19.5 Å². The molecule has 8 aromatic carbocycles. The summed E-state index contributed by atoms with van der Waals surface area (Å²) >= 11 is 1.86. The predicted molar refractivity (Wildman–Crippen MR) is 230 cm³/mol. The molecule has 0 bridgehead atoms. The van der Waals surface area contributed by atoms with Gasteiger partial charge in [0.15, 0.2) is 11.6 Å². The highest BCUT2D eigenvalue weighted by Crippen LogP contribution is 2.44. The van der Waals surface area contributed by atoms with Crippen molar-refractivity contribution in [1.29, 1.82) is 0 Å². The number of benzene rings is 8. The van der Waals surface area contributed by atoms with Crippen molar-refractivity contribution in [3.8, 4) is 39.9 Å². The molecule has 0 atom stereocenters. The van der Waals surface area contributed by atoms with Crippen LogP contribution >= 0.6 is 11.3 Å². The van der Waals surface area contributed by atoms with Crippen LogP contribution in [0.3, 0.4) is 0 Å². The van der Waals surface area contributed by atoms with Crippen molar-refractivity contribution in [3.63, 3.8) is 0 Å². The Bertz CT molecular complexity index is 3120. The van der Waals surface area contributed by atoms with Crippen LogP contribution in [0.2, 0.25) is 0 Å². The van der Waals surface area contributed by atoms with Gasteiger partial charge in [0.2, 0.25) is 5.95 Å². The molecule has 0 radical (unpaired) electrons. The van der Waals surface area contributed by atoms with Gasteiger partial charge in [-0.15, -0.1) is 11.3 Å². The molecule has 0 amide bonds. The molecule has 3 aromatic heterocycles. The SMILES string of the molecule is CC.c1ccc(-c2nc(-c3ccccc3)nc(-n3c4ccc5ccccc5c4c4cccc(-c5ccc6sc7ccc8ccccc8c7c6c5)c43)n2)cc1. The number of aromatic nitrogens is 4. The van der Waals surface area contributed by atoms with Crippen molar-refractivity contribution in [2.24, 2.45) is 0 Å². The fourth-order valence-corrected chi connectivity index (χ4v) is 8.99. The molecule has 3 heterocycles. The van der Waals surface area contributed by atoms with Gasteiger partial charge < -0.3 is 0 Å². The number of rotatable bonds is 4. The molecule has 0 aliphatic heterocycles. The number of para-hydroxylation sites is 1. The van der Waals surface area contributed by atoms with E-state index in [9.17, 15) is 0 Å². The summed E-state index contributed by atoms with van der Waals surface area (Å²) in [5.74, 6) is 1.86. The molecular formula is C49H34N4S. The van der Waals surface area contributed by atoms with Crippen LogP contribution in [0.25, 0.3) is 103 Å². The minimum atomic E-state index is 0.587. The molecule has 4 nitrogen and oxygen atoms in total. The number of fused-ring (bicyclic) bond motifs is 10. The van der Waals surface area contributed by atoms with E-state index < -0.39 is 0 Å². The largest absolute Gasteiger partial charge is 0.277 e. The van der Waals surface area contributed by atoms with Gasteiger partial charge in [-0.2, -0.15) is 9.97 Å². The summed E-state index contributed by atoms with van der Waals surface area (Å²) in [6.45, 7) is 4.00. The number of hydrogen-bond acceptors (Lipinski definition) is 4. The first-order valence-corrected chi connectivity index (χ1v) is 19.3. The standard InChI is InChI=1S/C47H28N4S.C2H6/c1-3-14-31(15-4-1)45-48-46(32-16-5-2-6-17-32)50-47(49-45)51-39-25-22-29-12-7-9-18-34(29)42(39)37-21-11-20-36(44(37)51)33-24-26-40-38(28-33)43-35-19-10-8-13-30(35)23-27-41(43)52-40;1-2/h1-28H;1-2H3. The second-order valence-electron chi connectivity index (χ2n) is 13.2. The highest BCUT2D eigenvalue weighted by atomic mass is 32.1. The Kier molecular flexibility index (Phi) is 7.74. The minimum Gasteiger partial charge on any atom is -0.277 e. The van der Waals surface area contributed by atoms with Crippen molar-refractivity contribution < 1.29 is 0 Å². The Hall–Kier alpha value is -6.69. The molecule has 256 valence electrons. The van der Waals surface area contributed by atoms with Gasteiger partial charge >= 0.3 is 0 Å². The fourth-order valence-electron chi connectivity index (χ4n) is 7.89. The normalized spacial score (nSPS) is 11.5. The number of hydrogen-bond donors (Lipinski definition) is 0. The Morgan fingerprint density at radius 3 is 1.69 bits per heavy atom. The molecular weight excluding hydrogens is 677 g/mol. The molecule has 0 aliphatic carbocycles. The van der Waals surface area contributed by atoms with E-state index in [-0.39, 0.29) is 0 Å². The van der Waals surface area contributed by atoms with Crippen molar-refractivity contribution in [2.75, 3.05) is 0 Å². The van der Waals surface area contributed by atoms with Gasteiger partial charge in [-0.1, -0.05) is 159 Å². The van der Waals surface area contributed by atoms with E-state index in [4.69, 9.17) is 15.0 Å². The Morgan fingerprint density at radius 1 is 0.426 bits per heavy atom. The third kappa shape index (κ3) is 5.08. The van der Waals surface area contributed by atoms with Crippen LogP contribution in [-0.2, 0) is 0 Å². The van der Waals surface area contributed by atoms with E-state index in [1.807, 2.05) is 61.6 Å². The molecule has 0 aliphatic rings. The molecule has 0 saturated carbocycles. The third-order valence-corrected chi connectivity index (χ3v) is 11.4. The quantitative estimate of drug-likeness (QED) is 0.183. The van der Waals surface area contributed by atoms with Gasteiger partial charge in [0, 0.05) is 47.6 Å². The predicted octanol–water partition coefficient (Wildman–Crippen LogP) is 13.7. The highest BCUT2D eigenvalue weighted by molar-refractivity contribution is 7.26. The van der Waals surface area contributed by atoms with Gasteiger partial charge in [0.25, 0.3) is 0 Å². The van der Waals surface area contributed by atoms with Crippen molar-refractivity contribution in [2.45, 2.75) is 13.8 Å². The number of nitrogens with zero attached hydrogens (tertiary/aromatic N) is 4. The Balaban J connectivity index is 0.00000178. The van der Waals surface area contributed by atoms with E-state index in [1.165, 1.54) is 47.1 Å². The fraction of sp³-hybridized carbons (Fsp3) is 0.0408. The lowest BCUT2D eigenvalue weighted by atomic mass is 9.97. The summed E-state index contributed by atoms with van der Waals surface area (Å²) in [7, 11) is 0. The van der Waals surface area contributed by atoms with Crippen LogP contribution < -0.4 is 0 Å². The van der Waals surface area contributed by atoms with E-state index in [1.54, 1.807) is 0 Å². The van der Waals surface area contributed by atoms with Gasteiger partial charge in [0.05, 0.1) is 11.0 Å². The average molecular weight is 711 g/mol. The molecule has 54 heavy (non-hydrogen) atoms. The van der Waals surface area contributed by atoms with Crippen LogP contribution in [0, 0.1) is 0 Å². The minimum absolute atomic E-state index is 0.587. The van der Waals surface area contributed by atoms with Crippen LogP contribution in [0.5, 0.6) is 0 Å². The zero-order valence-corrected chi connectivity index (χ0v) is 30.7. The topological polar surface area (TPSA) is 43.6 Å². The molecule has 11 aromatic rings. The Morgan fingerprint density at radius 2 is 1.00 bits per heavy atom. The van der Waals surface area contributed by atoms with E-state index in [0.29, 0.717) is 17.6 Å². The van der Waals surface area contributed by atoms with Gasteiger partial charge in [0.1, 0.15) is 0 Å². The molecule has 0 N–H and O–H groups in total. The molecule has 5 heteroatoms. The van der Waals surface area contributed by atoms with Crippen LogP contribution in [0.15, 0.2) is 170 Å². The lowest BCUT2D eigenvalue weighted by molar-refractivity contribution is 0.954. The number of thiophene rings is 1. The van der Waals surface area contributed by atoms with Crippen molar-refractivity contribution in [3.05, 3.63) is 170 Å². The van der Waals surface area contributed by atoms with Crippen LogP contribution in [0.1, 0.15) is 13.8 Å². The maximum Gasteiger partial charge on any atom is 0.238 e. The first-order valence-electron chi connectivity index (χ1n) is 18.5. The average Bonchev–Trinajstić information content (AvgIpc) is 3.81. The summed E-state index contributed by atoms with van der Waals surface area (Å²) in [5, 5.41) is 9.88. The first-order chi connectivity index (χ1) is 26.8. The summed E-state index contributed by atoms with van der Waals surface area (Å²) in [6.07, 6.45) is 0. The summed E-state index contributed by atoms with van der Waals surface area (Å²) in [5.41, 5.74) is 6.29. The summed E-state index contributed by atoms with van der Waals surface area (Å²) in [6, 6.07) is 60.3.